The van der Waals surface area contributed by atoms with Gasteiger partial charge in [0.05, 0.1) is 16.4 Å². The maximum atomic E-state index is 13.5. The molecule has 2 rings (SSSR count). The van der Waals surface area contributed by atoms with Crippen molar-refractivity contribution in [3.8, 4) is 0 Å². The van der Waals surface area contributed by atoms with E-state index < -0.39 is 26.3 Å². The summed E-state index contributed by atoms with van der Waals surface area (Å²) >= 11 is 0. The van der Waals surface area contributed by atoms with Crippen LogP contribution in [0.2, 0.25) is 0 Å². The van der Waals surface area contributed by atoms with Crippen molar-refractivity contribution in [3.05, 3.63) is 39.7 Å². The highest BCUT2D eigenvalue weighted by atomic mass is 32.2. The van der Waals surface area contributed by atoms with Crippen LogP contribution in [-0.4, -0.2) is 42.8 Å². The van der Waals surface area contributed by atoms with Crippen LogP contribution in [0.25, 0.3) is 0 Å². The molecule has 0 saturated carbocycles. The van der Waals surface area contributed by atoms with Gasteiger partial charge in [-0.15, -0.1) is 0 Å². The van der Waals surface area contributed by atoms with Crippen molar-refractivity contribution in [1.82, 2.24) is 4.90 Å². The summed E-state index contributed by atoms with van der Waals surface area (Å²) in [5.74, 6) is -0.587. The Bertz CT molecular complexity index is 618. The van der Waals surface area contributed by atoms with Gasteiger partial charge in [-0.2, -0.15) is 4.39 Å². The van der Waals surface area contributed by atoms with Gasteiger partial charge in [0.25, 0.3) is 0 Å². The fourth-order valence-electron chi connectivity index (χ4n) is 2.20. The third-order valence-corrected chi connectivity index (χ3v) is 4.98. The van der Waals surface area contributed by atoms with Crippen LogP contribution in [0.15, 0.2) is 18.2 Å². The number of hydrogen-bond acceptors (Lipinski definition) is 5. The monoisotopic (exact) mass is 302 g/mol. The van der Waals surface area contributed by atoms with Gasteiger partial charge >= 0.3 is 5.69 Å². The number of benzene rings is 1. The van der Waals surface area contributed by atoms with Gasteiger partial charge in [-0.05, 0) is 24.6 Å². The van der Waals surface area contributed by atoms with Gasteiger partial charge in [-0.3, -0.25) is 15.0 Å². The van der Waals surface area contributed by atoms with Gasteiger partial charge in [-0.1, -0.05) is 6.07 Å². The van der Waals surface area contributed by atoms with Crippen molar-refractivity contribution >= 4 is 15.5 Å². The van der Waals surface area contributed by atoms with E-state index >= 15 is 0 Å². The first-order valence-electron chi connectivity index (χ1n) is 6.23. The van der Waals surface area contributed by atoms with E-state index in [0.717, 1.165) is 12.1 Å². The van der Waals surface area contributed by atoms with Crippen molar-refractivity contribution in [2.45, 2.75) is 13.0 Å². The molecule has 1 aliphatic heterocycles. The Hall–Kier alpha value is -1.54. The maximum Gasteiger partial charge on any atom is 0.304 e. The van der Waals surface area contributed by atoms with Crippen LogP contribution < -0.4 is 0 Å². The minimum Gasteiger partial charge on any atom is -0.298 e. The number of nitro benzene ring substituents is 1. The van der Waals surface area contributed by atoms with E-state index in [2.05, 4.69) is 0 Å². The molecule has 20 heavy (non-hydrogen) atoms. The lowest BCUT2D eigenvalue weighted by Crippen LogP contribution is -2.26. The second kappa shape index (κ2) is 5.84. The van der Waals surface area contributed by atoms with Crippen LogP contribution in [-0.2, 0) is 16.4 Å². The molecule has 0 radical (unpaired) electrons. The van der Waals surface area contributed by atoms with Crippen molar-refractivity contribution in [3.63, 3.8) is 0 Å². The molecule has 1 aliphatic rings. The van der Waals surface area contributed by atoms with Gasteiger partial charge in [0.15, 0.2) is 9.84 Å². The van der Waals surface area contributed by atoms with Crippen molar-refractivity contribution in [1.29, 1.82) is 0 Å². The smallest absolute Gasteiger partial charge is 0.298 e. The summed E-state index contributed by atoms with van der Waals surface area (Å²) in [6.45, 7) is 1.42. The Morgan fingerprint density at radius 2 is 2.05 bits per heavy atom. The number of sulfone groups is 1. The molecule has 1 saturated heterocycles. The summed E-state index contributed by atoms with van der Waals surface area (Å²) in [5, 5.41) is 10.5. The Morgan fingerprint density at radius 1 is 1.30 bits per heavy atom. The molecular weight excluding hydrogens is 287 g/mol. The molecule has 8 heteroatoms. The van der Waals surface area contributed by atoms with Crippen molar-refractivity contribution < 1.29 is 17.7 Å². The molecular formula is C12H15FN2O4S. The van der Waals surface area contributed by atoms with E-state index in [1.54, 1.807) is 0 Å². The summed E-state index contributed by atoms with van der Waals surface area (Å²) in [4.78, 5) is 11.7. The number of rotatable bonds is 3. The second-order valence-corrected chi connectivity index (χ2v) is 7.13. The molecule has 0 spiro atoms. The third kappa shape index (κ3) is 3.73. The molecule has 0 unspecified atom stereocenters. The van der Waals surface area contributed by atoms with E-state index in [-0.39, 0.29) is 11.5 Å². The van der Waals surface area contributed by atoms with Crippen LogP contribution in [0, 0.1) is 15.9 Å². The summed E-state index contributed by atoms with van der Waals surface area (Å²) in [6, 6.07) is 3.78. The Balaban J connectivity index is 2.07. The molecule has 1 heterocycles. The molecule has 0 bridgehead atoms. The van der Waals surface area contributed by atoms with E-state index in [9.17, 15) is 22.9 Å². The summed E-state index contributed by atoms with van der Waals surface area (Å²) in [7, 11) is -2.98. The normalized spacial score (nSPS) is 19.4. The van der Waals surface area contributed by atoms with Crippen molar-refractivity contribution in [2.75, 3.05) is 24.6 Å². The van der Waals surface area contributed by atoms with E-state index in [4.69, 9.17) is 0 Å². The van der Waals surface area contributed by atoms with E-state index in [1.807, 2.05) is 4.90 Å². The quantitative estimate of drug-likeness (QED) is 0.622. The predicted molar refractivity (Wildman–Crippen MR) is 71.6 cm³/mol. The van der Waals surface area contributed by atoms with Gasteiger partial charge in [0, 0.05) is 19.2 Å². The molecule has 1 aromatic rings. The Labute approximate surface area is 116 Å². The van der Waals surface area contributed by atoms with Crippen LogP contribution >= 0.6 is 0 Å². The van der Waals surface area contributed by atoms with Crippen LogP contribution in [0.5, 0.6) is 0 Å². The van der Waals surface area contributed by atoms with Crippen LogP contribution in [0.3, 0.4) is 0 Å². The standard InChI is InChI=1S/C12H15FN2O4S/c13-11-8-10(2-3-12(11)15(16)17)9-14-4-1-6-20(18,19)7-5-14/h2-3,8H,1,4-7,9H2. The Kier molecular flexibility index (Phi) is 4.34. The SMILES string of the molecule is O=[N+]([O-])c1ccc(CN2CCCS(=O)(=O)CC2)cc1F. The molecule has 110 valence electrons. The molecule has 0 N–H and O–H groups in total. The lowest BCUT2D eigenvalue weighted by molar-refractivity contribution is -0.387. The van der Waals surface area contributed by atoms with E-state index in [0.29, 0.717) is 31.6 Å². The highest BCUT2D eigenvalue weighted by molar-refractivity contribution is 7.91. The minimum absolute atomic E-state index is 0.0997. The maximum absolute atomic E-state index is 13.5. The number of nitro groups is 1. The third-order valence-electron chi connectivity index (χ3n) is 3.26. The molecule has 0 amide bonds. The number of nitrogens with zero attached hydrogens (tertiary/aromatic N) is 2. The zero-order valence-electron chi connectivity index (χ0n) is 10.8. The zero-order chi connectivity index (χ0) is 14.8. The van der Waals surface area contributed by atoms with Crippen LogP contribution in [0.4, 0.5) is 10.1 Å². The second-order valence-electron chi connectivity index (χ2n) is 4.82. The fraction of sp³-hybridized carbons (Fsp3) is 0.500. The molecule has 6 nitrogen and oxygen atoms in total. The largest absolute Gasteiger partial charge is 0.304 e. The van der Waals surface area contributed by atoms with Gasteiger partial charge < -0.3 is 0 Å². The minimum atomic E-state index is -2.98. The number of hydrogen-bond donors (Lipinski definition) is 0. The molecule has 0 aliphatic carbocycles. The topological polar surface area (TPSA) is 80.5 Å². The Morgan fingerprint density at radius 3 is 2.70 bits per heavy atom. The lowest BCUT2D eigenvalue weighted by Gasteiger charge is -2.19. The first kappa shape index (κ1) is 14.9. The highest BCUT2D eigenvalue weighted by Crippen LogP contribution is 2.19. The summed E-state index contributed by atoms with van der Waals surface area (Å²) in [6.07, 6.45) is 0.553. The molecule has 1 aromatic carbocycles. The van der Waals surface area contributed by atoms with Crippen LogP contribution in [0.1, 0.15) is 12.0 Å². The molecule has 0 aromatic heterocycles. The van der Waals surface area contributed by atoms with E-state index in [1.165, 1.54) is 6.07 Å². The predicted octanol–water partition coefficient (Wildman–Crippen LogP) is 1.35. The summed E-state index contributed by atoms with van der Waals surface area (Å²) in [5.41, 5.74) is 0.0552. The average Bonchev–Trinajstić information content (AvgIpc) is 2.51. The first-order valence-corrected chi connectivity index (χ1v) is 8.05. The lowest BCUT2D eigenvalue weighted by atomic mass is 10.2. The molecule has 0 atom stereocenters. The van der Waals surface area contributed by atoms with Gasteiger partial charge in [0.1, 0.15) is 0 Å². The average molecular weight is 302 g/mol. The first-order chi connectivity index (χ1) is 9.37. The number of halogens is 1. The zero-order valence-corrected chi connectivity index (χ0v) is 11.6. The molecule has 1 fully saturated rings. The fourth-order valence-corrected chi connectivity index (χ4v) is 3.51. The summed E-state index contributed by atoms with van der Waals surface area (Å²) < 4.78 is 36.5. The highest BCUT2D eigenvalue weighted by Gasteiger charge is 2.20. The van der Waals surface area contributed by atoms with Gasteiger partial charge in [-0.25, -0.2) is 8.42 Å². The van der Waals surface area contributed by atoms with Crippen molar-refractivity contribution in [2.24, 2.45) is 0 Å². The van der Waals surface area contributed by atoms with Gasteiger partial charge in [0.2, 0.25) is 5.82 Å².